The summed E-state index contributed by atoms with van der Waals surface area (Å²) in [5.74, 6) is 0.541. The van der Waals surface area contributed by atoms with E-state index in [1.165, 1.54) is 0 Å². The molecule has 1 heterocycles. The number of hydrogen-bond donors (Lipinski definition) is 1. The minimum Gasteiger partial charge on any atom is -0.310 e. The predicted molar refractivity (Wildman–Crippen MR) is 53.0 cm³/mol. The molecule has 0 bridgehead atoms. The van der Waals surface area contributed by atoms with Crippen LogP contribution >= 0.6 is 0 Å². The second-order valence-electron chi connectivity index (χ2n) is 4.24. The van der Waals surface area contributed by atoms with Crippen molar-refractivity contribution in [3.05, 3.63) is 27.4 Å². The Bertz CT molecular complexity index is 446. The van der Waals surface area contributed by atoms with E-state index in [1.54, 1.807) is 6.92 Å². The number of hydrogen-bond acceptors (Lipinski definition) is 3. The molecule has 1 N–H and O–H groups in total. The number of aryl methyl sites for hydroxylation is 1. The summed E-state index contributed by atoms with van der Waals surface area (Å²) in [5, 5.41) is 8.84. The molecule has 0 atom stereocenters. The molecule has 4 nitrogen and oxygen atoms in total. The maximum Gasteiger partial charge on any atom is 0.269 e. The maximum absolute atomic E-state index is 11.4. The molecule has 0 saturated heterocycles. The van der Waals surface area contributed by atoms with Crippen LogP contribution in [-0.4, -0.2) is 9.97 Å². The minimum atomic E-state index is -0.357. The molecule has 1 rings (SSSR count). The SMILES string of the molecule is Cc1nc(C(C)(C)C)c(C#N)c(=O)[nH]1. The van der Waals surface area contributed by atoms with Gasteiger partial charge in [-0.1, -0.05) is 20.8 Å². The number of nitriles is 1. The van der Waals surface area contributed by atoms with Crippen LogP contribution in [0.25, 0.3) is 0 Å². The Morgan fingerprint density at radius 2 is 2.00 bits per heavy atom. The van der Waals surface area contributed by atoms with Crippen molar-refractivity contribution in [2.75, 3.05) is 0 Å². The van der Waals surface area contributed by atoms with E-state index < -0.39 is 0 Å². The van der Waals surface area contributed by atoms with Gasteiger partial charge in [0, 0.05) is 5.41 Å². The van der Waals surface area contributed by atoms with Gasteiger partial charge in [-0.3, -0.25) is 4.79 Å². The zero-order chi connectivity index (χ0) is 10.9. The fraction of sp³-hybridized carbons (Fsp3) is 0.500. The van der Waals surface area contributed by atoms with Crippen LogP contribution in [-0.2, 0) is 5.41 Å². The lowest BCUT2D eigenvalue weighted by Crippen LogP contribution is -2.24. The van der Waals surface area contributed by atoms with Crippen LogP contribution in [0.1, 0.15) is 37.9 Å². The average Bonchev–Trinajstić information content (AvgIpc) is 2.01. The van der Waals surface area contributed by atoms with E-state index in [0.717, 1.165) is 0 Å². The second kappa shape index (κ2) is 3.26. The van der Waals surface area contributed by atoms with Crippen LogP contribution in [0.5, 0.6) is 0 Å². The van der Waals surface area contributed by atoms with Gasteiger partial charge < -0.3 is 4.98 Å². The Balaban J connectivity index is 3.59. The monoisotopic (exact) mass is 191 g/mol. The van der Waals surface area contributed by atoms with Crippen molar-refractivity contribution in [1.82, 2.24) is 9.97 Å². The minimum absolute atomic E-state index is 0.114. The third-order valence-electron chi connectivity index (χ3n) is 1.86. The highest BCUT2D eigenvalue weighted by atomic mass is 16.1. The van der Waals surface area contributed by atoms with E-state index in [-0.39, 0.29) is 16.5 Å². The molecule has 74 valence electrons. The standard InChI is InChI=1S/C10H13N3O/c1-6-12-8(10(2,3)4)7(5-11)9(14)13-6/h1-4H3,(H,12,13,14). The topological polar surface area (TPSA) is 69.5 Å². The molecule has 1 aromatic heterocycles. The number of aromatic nitrogens is 2. The molecular formula is C10H13N3O. The summed E-state index contributed by atoms with van der Waals surface area (Å²) in [6, 6.07) is 1.89. The second-order valence-corrected chi connectivity index (χ2v) is 4.24. The summed E-state index contributed by atoms with van der Waals surface area (Å²) in [6.07, 6.45) is 0. The maximum atomic E-state index is 11.4. The summed E-state index contributed by atoms with van der Waals surface area (Å²) in [7, 11) is 0. The molecule has 14 heavy (non-hydrogen) atoms. The molecule has 0 radical (unpaired) electrons. The first-order chi connectivity index (χ1) is 6.36. The van der Waals surface area contributed by atoms with Gasteiger partial charge in [-0.05, 0) is 6.92 Å². The molecule has 0 aliphatic carbocycles. The van der Waals surface area contributed by atoms with Gasteiger partial charge in [0.25, 0.3) is 5.56 Å². The van der Waals surface area contributed by atoms with E-state index in [1.807, 2.05) is 26.8 Å². The molecule has 0 amide bonds. The first-order valence-corrected chi connectivity index (χ1v) is 4.37. The first-order valence-electron chi connectivity index (χ1n) is 4.37. The number of nitrogens with one attached hydrogen (secondary N) is 1. The molecule has 0 saturated carbocycles. The largest absolute Gasteiger partial charge is 0.310 e. The Morgan fingerprint density at radius 1 is 1.43 bits per heavy atom. The van der Waals surface area contributed by atoms with Crippen molar-refractivity contribution < 1.29 is 0 Å². The highest BCUT2D eigenvalue weighted by molar-refractivity contribution is 5.35. The lowest BCUT2D eigenvalue weighted by atomic mass is 9.89. The molecule has 0 spiro atoms. The number of nitrogens with zero attached hydrogens (tertiary/aromatic N) is 2. The van der Waals surface area contributed by atoms with Crippen LogP contribution in [0.4, 0.5) is 0 Å². The normalized spacial score (nSPS) is 11.1. The summed E-state index contributed by atoms with van der Waals surface area (Å²) in [5.41, 5.74) is 0.0265. The Labute approximate surface area is 82.6 Å². The van der Waals surface area contributed by atoms with Gasteiger partial charge in [0.15, 0.2) is 0 Å². The zero-order valence-corrected chi connectivity index (χ0v) is 8.80. The van der Waals surface area contributed by atoms with Crippen LogP contribution in [0.15, 0.2) is 4.79 Å². The summed E-state index contributed by atoms with van der Waals surface area (Å²) in [4.78, 5) is 18.1. The van der Waals surface area contributed by atoms with Gasteiger partial charge in [0.1, 0.15) is 17.5 Å². The lowest BCUT2D eigenvalue weighted by molar-refractivity contribution is 0.560. The average molecular weight is 191 g/mol. The van der Waals surface area contributed by atoms with Crippen LogP contribution in [0, 0.1) is 18.3 Å². The summed E-state index contributed by atoms with van der Waals surface area (Å²) >= 11 is 0. The number of rotatable bonds is 0. The Morgan fingerprint density at radius 3 is 2.43 bits per heavy atom. The molecule has 0 fully saturated rings. The molecule has 0 unspecified atom stereocenters. The quantitative estimate of drug-likeness (QED) is 0.670. The fourth-order valence-electron chi connectivity index (χ4n) is 1.23. The van der Waals surface area contributed by atoms with E-state index >= 15 is 0 Å². The van der Waals surface area contributed by atoms with E-state index in [0.29, 0.717) is 11.5 Å². The molecule has 1 aromatic rings. The first kappa shape index (κ1) is 10.5. The number of aromatic amines is 1. The van der Waals surface area contributed by atoms with Crippen molar-refractivity contribution in [3.63, 3.8) is 0 Å². The Kier molecular flexibility index (Phi) is 2.43. The van der Waals surface area contributed by atoms with Crippen molar-refractivity contribution >= 4 is 0 Å². The zero-order valence-electron chi connectivity index (χ0n) is 8.80. The van der Waals surface area contributed by atoms with Gasteiger partial charge in [-0.2, -0.15) is 5.26 Å². The highest BCUT2D eigenvalue weighted by Crippen LogP contribution is 2.21. The highest BCUT2D eigenvalue weighted by Gasteiger charge is 2.22. The number of H-pyrrole nitrogens is 1. The predicted octanol–water partition coefficient (Wildman–Crippen LogP) is 1.25. The summed E-state index contributed by atoms with van der Waals surface area (Å²) in [6.45, 7) is 7.48. The molecule has 0 aliphatic heterocycles. The summed E-state index contributed by atoms with van der Waals surface area (Å²) < 4.78 is 0. The van der Waals surface area contributed by atoms with Crippen LogP contribution in [0.3, 0.4) is 0 Å². The molecular weight excluding hydrogens is 178 g/mol. The lowest BCUT2D eigenvalue weighted by Gasteiger charge is -2.18. The molecule has 0 aliphatic rings. The van der Waals surface area contributed by atoms with Crippen molar-refractivity contribution in [1.29, 1.82) is 5.26 Å². The van der Waals surface area contributed by atoms with Gasteiger partial charge >= 0.3 is 0 Å². The Hall–Kier alpha value is -1.63. The van der Waals surface area contributed by atoms with E-state index in [2.05, 4.69) is 9.97 Å². The van der Waals surface area contributed by atoms with E-state index in [9.17, 15) is 4.79 Å². The van der Waals surface area contributed by atoms with Crippen molar-refractivity contribution in [3.8, 4) is 6.07 Å². The van der Waals surface area contributed by atoms with Crippen LogP contribution < -0.4 is 5.56 Å². The molecule has 0 aromatic carbocycles. The third kappa shape index (κ3) is 1.82. The van der Waals surface area contributed by atoms with E-state index in [4.69, 9.17) is 5.26 Å². The van der Waals surface area contributed by atoms with Crippen molar-refractivity contribution in [2.24, 2.45) is 0 Å². The van der Waals surface area contributed by atoms with Gasteiger partial charge in [-0.15, -0.1) is 0 Å². The smallest absolute Gasteiger partial charge is 0.269 e. The van der Waals surface area contributed by atoms with Crippen LogP contribution in [0.2, 0.25) is 0 Å². The fourth-order valence-corrected chi connectivity index (χ4v) is 1.23. The molecule has 4 heteroatoms. The van der Waals surface area contributed by atoms with Gasteiger partial charge in [0.2, 0.25) is 0 Å². The van der Waals surface area contributed by atoms with Gasteiger partial charge in [0.05, 0.1) is 5.69 Å². The van der Waals surface area contributed by atoms with Crippen molar-refractivity contribution in [2.45, 2.75) is 33.1 Å². The third-order valence-corrected chi connectivity index (χ3v) is 1.86. The van der Waals surface area contributed by atoms with Gasteiger partial charge in [-0.25, -0.2) is 4.98 Å².